The van der Waals surface area contributed by atoms with E-state index in [-0.39, 0.29) is 0 Å². The van der Waals surface area contributed by atoms with Crippen LogP contribution in [0.2, 0.25) is 0 Å². The Labute approximate surface area is 35.6 Å². The minimum atomic E-state index is -0.785. The van der Waals surface area contributed by atoms with Crippen molar-refractivity contribution < 1.29 is 9.36 Å². The van der Waals surface area contributed by atoms with Crippen LogP contribution in [0.5, 0.6) is 0 Å². The van der Waals surface area contributed by atoms with Gasteiger partial charge in [0.25, 0.3) is 0 Å². The molecule has 0 spiro atoms. The van der Waals surface area contributed by atoms with E-state index in [2.05, 4.69) is 5.73 Å². The summed E-state index contributed by atoms with van der Waals surface area (Å²) < 4.78 is 9.30. The molecule has 0 aromatic rings. The molecule has 3 nitrogen and oxygen atoms in total. The van der Waals surface area contributed by atoms with Crippen molar-refractivity contribution in [3.63, 3.8) is 0 Å². The van der Waals surface area contributed by atoms with Crippen LogP contribution in [0.25, 0.3) is 0 Å². The molecule has 0 aromatic heterocycles. The van der Waals surface area contributed by atoms with Gasteiger partial charge in [0.1, 0.15) is 0 Å². The van der Waals surface area contributed by atoms with Gasteiger partial charge in [0.05, 0.1) is 0 Å². The van der Waals surface area contributed by atoms with E-state index in [1.165, 1.54) is 0 Å². The van der Waals surface area contributed by atoms with Crippen LogP contribution >= 0.6 is 7.92 Å². The molecule has 0 fully saturated rings. The fraction of sp³-hybridized carbons (Fsp3) is 0. The Morgan fingerprint density at radius 2 is 2.33 bits per heavy atom. The Kier molecular flexibility index (Phi) is 2.47. The summed E-state index contributed by atoms with van der Waals surface area (Å²) in [6.45, 7) is 0. The topological polar surface area (TPSA) is 60.2 Å². The zero-order valence-corrected chi connectivity index (χ0v) is 3.74. The van der Waals surface area contributed by atoms with Crippen LogP contribution in [-0.2, 0) is 9.36 Å². The second kappa shape index (κ2) is 2.70. The van der Waals surface area contributed by atoms with Crippen LogP contribution in [0.1, 0.15) is 0 Å². The molecule has 6 heavy (non-hydrogen) atoms. The molecule has 0 aromatic carbocycles. The van der Waals surface area contributed by atoms with Crippen LogP contribution in [-0.4, -0.2) is 5.91 Å². The summed E-state index contributed by atoms with van der Waals surface area (Å²) in [5.74, 6) is -0.785. The first kappa shape index (κ1) is 5.48. The van der Waals surface area contributed by atoms with Crippen molar-refractivity contribution in [1.82, 2.24) is 0 Å². The van der Waals surface area contributed by atoms with Crippen molar-refractivity contribution in [2.45, 2.75) is 0 Å². The molecule has 0 aliphatic heterocycles. The molecule has 32 valence electrons. The van der Waals surface area contributed by atoms with Gasteiger partial charge in [-0.25, -0.2) is 0 Å². The van der Waals surface area contributed by atoms with Crippen molar-refractivity contribution in [2.24, 2.45) is 5.73 Å². The van der Waals surface area contributed by atoms with Crippen molar-refractivity contribution in [2.75, 3.05) is 0 Å². The third kappa shape index (κ3) is 3.48. The van der Waals surface area contributed by atoms with Crippen LogP contribution in [0.4, 0.5) is 0 Å². The van der Waals surface area contributed by atoms with E-state index in [0.29, 0.717) is 0 Å². The predicted molar refractivity (Wildman–Crippen MR) is 20.7 cm³/mol. The Balaban J connectivity index is 3.84. The zero-order chi connectivity index (χ0) is 4.99. The summed E-state index contributed by atoms with van der Waals surface area (Å²) >= 11 is 0. The van der Waals surface area contributed by atoms with Crippen molar-refractivity contribution in [3.05, 3.63) is 0 Å². The molecule has 0 radical (unpaired) electrons. The molecular formula is C2H2NO2P. The Bertz CT molecular complexity index is 144. The maximum absolute atomic E-state index is 9.50. The maximum atomic E-state index is 9.50. The predicted octanol–water partition coefficient (Wildman–Crippen LogP) is -0.277. The van der Waals surface area contributed by atoms with Gasteiger partial charge < -0.3 is 0 Å². The van der Waals surface area contributed by atoms with Crippen molar-refractivity contribution >= 4 is 13.8 Å². The van der Waals surface area contributed by atoms with Gasteiger partial charge in [0, 0.05) is 0 Å². The zero-order valence-electron chi connectivity index (χ0n) is 2.84. The van der Waals surface area contributed by atoms with Gasteiger partial charge in [-0.3, -0.25) is 0 Å². The van der Waals surface area contributed by atoms with E-state index in [1.54, 1.807) is 5.63 Å². The van der Waals surface area contributed by atoms with Gasteiger partial charge >= 0.3 is 34.5 Å². The van der Waals surface area contributed by atoms with Crippen molar-refractivity contribution in [1.29, 1.82) is 0 Å². The third-order valence-electron chi connectivity index (χ3n) is 0.156. The molecule has 0 rings (SSSR count). The molecule has 0 unspecified atom stereocenters. The summed E-state index contributed by atoms with van der Waals surface area (Å²) in [6.07, 6.45) is 0. The number of rotatable bonds is 0. The second-order valence-electron chi connectivity index (χ2n) is 0.567. The van der Waals surface area contributed by atoms with Gasteiger partial charge in [-0.15, -0.1) is 0 Å². The average molecular weight is 103 g/mol. The van der Waals surface area contributed by atoms with Gasteiger partial charge in [-0.2, -0.15) is 0 Å². The van der Waals surface area contributed by atoms with Crippen LogP contribution in [0.3, 0.4) is 0 Å². The molecule has 2 N–H and O–H groups in total. The first-order valence-electron chi connectivity index (χ1n) is 1.15. The minimum absolute atomic E-state index is 0.451. The SMILES string of the molecule is NC(=O)C#P=O. The number of amides is 1. The number of hydrogen-bond donors (Lipinski definition) is 1. The normalized spacial score (nSPS) is 6.00. The summed E-state index contributed by atoms with van der Waals surface area (Å²) in [4.78, 5) is 9.50. The van der Waals surface area contributed by atoms with Crippen molar-refractivity contribution in [3.8, 4) is 5.63 Å². The van der Waals surface area contributed by atoms with Gasteiger partial charge in [0.15, 0.2) is 0 Å². The summed E-state index contributed by atoms with van der Waals surface area (Å²) in [5.41, 5.74) is 6.21. The molecule has 0 aliphatic carbocycles. The summed E-state index contributed by atoms with van der Waals surface area (Å²) in [5, 5.41) is 0. The molecule has 0 heterocycles. The van der Waals surface area contributed by atoms with Crippen LogP contribution in [0.15, 0.2) is 0 Å². The molecule has 0 atom stereocenters. The summed E-state index contributed by atoms with van der Waals surface area (Å²) in [6, 6.07) is 0. The Hall–Kier alpha value is -0.520. The van der Waals surface area contributed by atoms with E-state index < -0.39 is 13.8 Å². The number of primary amides is 1. The van der Waals surface area contributed by atoms with Gasteiger partial charge in [-0.1, -0.05) is 0 Å². The van der Waals surface area contributed by atoms with E-state index >= 15 is 0 Å². The Morgan fingerprint density at radius 3 is 2.33 bits per heavy atom. The second-order valence-corrected chi connectivity index (χ2v) is 0.974. The number of hydrogen-bond acceptors (Lipinski definition) is 2. The quantitative estimate of drug-likeness (QED) is 0.428. The fourth-order valence-corrected chi connectivity index (χ4v) is 0.135. The number of nitrogens with two attached hydrogens (primary N) is 1. The fourth-order valence-electron chi connectivity index (χ4n) is 0.0450. The van der Waals surface area contributed by atoms with Gasteiger partial charge in [0.2, 0.25) is 0 Å². The van der Waals surface area contributed by atoms with Crippen LogP contribution in [0, 0.1) is 5.63 Å². The molecule has 1 amide bonds. The van der Waals surface area contributed by atoms with Crippen LogP contribution < -0.4 is 5.73 Å². The first-order chi connectivity index (χ1) is 2.77. The average Bonchev–Trinajstić information content (AvgIpc) is 1.35. The number of carbonyl (C=O) groups excluding carboxylic acids is 1. The van der Waals surface area contributed by atoms with E-state index in [9.17, 15) is 9.36 Å². The third-order valence-corrected chi connectivity index (χ3v) is 0.468. The molecular weight excluding hydrogens is 101 g/mol. The summed E-state index contributed by atoms with van der Waals surface area (Å²) in [7, 11) is -0.451. The molecule has 0 aliphatic rings. The number of carbonyl (C=O) groups is 1. The van der Waals surface area contributed by atoms with E-state index in [4.69, 9.17) is 0 Å². The van der Waals surface area contributed by atoms with E-state index in [0.717, 1.165) is 0 Å². The molecule has 0 bridgehead atoms. The van der Waals surface area contributed by atoms with Gasteiger partial charge in [-0.05, 0) is 0 Å². The molecule has 4 heteroatoms. The molecule has 0 saturated heterocycles. The Morgan fingerprint density at radius 1 is 1.83 bits per heavy atom. The molecule has 0 saturated carbocycles. The standard InChI is InChI=1S/C2H2NO2P/c3-2(4)1-6-5/h(H2,3,4). The first-order valence-corrected chi connectivity index (χ1v) is 1.96. The monoisotopic (exact) mass is 103 g/mol. The van der Waals surface area contributed by atoms with E-state index in [1.807, 2.05) is 0 Å².